The molecule has 0 spiro atoms. The highest BCUT2D eigenvalue weighted by Gasteiger charge is 2.07. The fourth-order valence-corrected chi connectivity index (χ4v) is 1.78. The lowest BCUT2D eigenvalue weighted by Crippen LogP contribution is -2.26. The van der Waals surface area contributed by atoms with Gasteiger partial charge in [0.1, 0.15) is 17.3 Å². The number of nitrogens with zero attached hydrogens (tertiary/aromatic N) is 1. The van der Waals surface area contributed by atoms with Gasteiger partial charge in [-0.1, -0.05) is 0 Å². The highest BCUT2D eigenvalue weighted by Crippen LogP contribution is 2.08. The summed E-state index contributed by atoms with van der Waals surface area (Å²) in [5.74, 6) is 3.56. The Kier molecular flexibility index (Phi) is 4.78. The number of amides is 1. The maximum Gasteiger partial charge on any atom is 0.269 e. The van der Waals surface area contributed by atoms with E-state index in [0.717, 1.165) is 6.07 Å². The topological polar surface area (TPSA) is 80.0 Å². The second-order valence-corrected chi connectivity index (χ2v) is 4.36. The van der Waals surface area contributed by atoms with E-state index in [0.29, 0.717) is 17.7 Å². The number of aromatic nitrogens is 1. The van der Waals surface area contributed by atoms with E-state index in [1.807, 2.05) is 0 Å². The molecule has 1 heterocycles. The third kappa shape index (κ3) is 4.22. The van der Waals surface area contributed by atoms with E-state index in [-0.39, 0.29) is 18.1 Å². The molecule has 0 saturated heterocycles. The fourth-order valence-electron chi connectivity index (χ4n) is 1.78. The predicted octanol–water partition coefficient (Wildman–Crippen LogP) is 1.62. The van der Waals surface area contributed by atoms with Crippen molar-refractivity contribution >= 4 is 11.6 Å². The van der Waals surface area contributed by atoms with Crippen molar-refractivity contribution in [1.29, 1.82) is 0 Å². The molecule has 21 heavy (non-hydrogen) atoms. The van der Waals surface area contributed by atoms with Gasteiger partial charge in [-0.3, -0.25) is 10.6 Å². The lowest BCUT2D eigenvalue weighted by atomic mass is 10.1. The van der Waals surface area contributed by atoms with Crippen LogP contribution < -0.4 is 16.6 Å². The van der Waals surface area contributed by atoms with Crippen molar-refractivity contribution in [3.05, 3.63) is 59.4 Å². The van der Waals surface area contributed by atoms with Gasteiger partial charge >= 0.3 is 0 Å². The highest BCUT2D eigenvalue weighted by molar-refractivity contribution is 5.92. The van der Waals surface area contributed by atoms with Crippen molar-refractivity contribution < 1.29 is 13.6 Å². The van der Waals surface area contributed by atoms with Crippen LogP contribution in [0.25, 0.3) is 0 Å². The molecule has 2 rings (SSSR count). The van der Waals surface area contributed by atoms with Gasteiger partial charge in [0.15, 0.2) is 0 Å². The zero-order valence-electron chi connectivity index (χ0n) is 11.1. The van der Waals surface area contributed by atoms with Crippen LogP contribution in [0.1, 0.15) is 16.1 Å². The van der Waals surface area contributed by atoms with E-state index >= 15 is 0 Å². The number of hydrazine groups is 1. The number of pyridine rings is 1. The molecule has 7 heteroatoms. The van der Waals surface area contributed by atoms with Crippen molar-refractivity contribution in [2.45, 2.75) is 6.42 Å². The molecule has 0 aliphatic rings. The molecule has 2 aromatic rings. The van der Waals surface area contributed by atoms with E-state index in [9.17, 15) is 13.6 Å². The Morgan fingerprint density at radius 1 is 1.19 bits per heavy atom. The van der Waals surface area contributed by atoms with Gasteiger partial charge in [-0.2, -0.15) is 0 Å². The van der Waals surface area contributed by atoms with Gasteiger partial charge in [0, 0.05) is 12.6 Å². The van der Waals surface area contributed by atoms with Crippen LogP contribution in [0.4, 0.5) is 14.5 Å². The van der Waals surface area contributed by atoms with Crippen molar-refractivity contribution in [2.24, 2.45) is 5.84 Å². The molecule has 0 unspecified atom stereocenters. The maximum atomic E-state index is 13.0. The summed E-state index contributed by atoms with van der Waals surface area (Å²) in [6.07, 6.45) is 1.75. The standard InChI is InChI=1S/C14H14F2N4O/c15-10-5-9(6-11(16)7-10)3-4-18-14(21)13-2-1-12(20-17)8-19-13/h1-2,5-8,20H,3-4,17H2,(H,18,21). The number of benzene rings is 1. The van der Waals surface area contributed by atoms with Gasteiger partial charge in [-0.15, -0.1) is 0 Å². The first kappa shape index (κ1) is 14.9. The number of halogens is 2. The smallest absolute Gasteiger partial charge is 0.269 e. The van der Waals surface area contributed by atoms with Crippen LogP contribution in [0.2, 0.25) is 0 Å². The number of nitrogens with one attached hydrogen (secondary N) is 2. The lowest BCUT2D eigenvalue weighted by molar-refractivity contribution is 0.0949. The number of anilines is 1. The first-order chi connectivity index (χ1) is 10.1. The molecular formula is C14H14F2N4O. The van der Waals surface area contributed by atoms with Gasteiger partial charge in [0.25, 0.3) is 5.91 Å². The Bertz CT molecular complexity index is 611. The molecule has 1 amide bonds. The third-order valence-corrected chi connectivity index (χ3v) is 2.78. The van der Waals surface area contributed by atoms with Gasteiger partial charge in [-0.05, 0) is 36.2 Å². The highest BCUT2D eigenvalue weighted by atomic mass is 19.1. The molecule has 0 aliphatic heterocycles. The van der Waals surface area contributed by atoms with E-state index in [4.69, 9.17) is 5.84 Å². The Morgan fingerprint density at radius 2 is 1.90 bits per heavy atom. The average molecular weight is 292 g/mol. The number of carbonyl (C=O) groups excluding carboxylic acids is 1. The number of hydrogen-bond acceptors (Lipinski definition) is 4. The van der Waals surface area contributed by atoms with E-state index in [1.165, 1.54) is 24.4 Å². The first-order valence-corrected chi connectivity index (χ1v) is 6.24. The summed E-state index contributed by atoms with van der Waals surface area (Å²) < 4.78 is 26.0. The molecule has 1 aromatic carbocycles. The van der Waals surface area contributed by atoms with Crippen LogP contribution in [0.5, 0.6) is 0 Å². The fraction of sp³-hybridized carbons (Fsp3) is 0.143. The van der Waals surface area contributed by atoms with Crippen LogP contribution in [0, 0.1) is 11.6 Å². The molecule has 0 aliphatic carbocycles. The Labute approximate surface area is 120 Å². The third-order valence-electron chi connectivity index (χ3n) is 2.78. The van der Waals surface area contributed by atoms with Crippen molar-refractivity contribution in [1.82, 2.24) is 10.3 Å². The van der Waals surface area contributed by atoms with E-state index in [1.54, 1.807) is 6.07 Å². The van der Waals surface area contributed by atoms with Gasteiger partial charge in [0.05, 0.1) is 11.9 Å². The van der Waals surface area contributed by atoms with Gasteiger partial charge in [0.2, 0.25) is 0 Å². The predicted molar refractivity (Wildman–Crippen MR) is 74.4 cm³/mol. The quantitative estimate of drug-likeness (QED) is 0.578. The zero-order chi connectivity index (χ0) is 15.2. The number of carbonyl (C=O) groups is 1. The summed E-state index contributed by atoms with van der Waals surface area (Å²) in [6.45, 7) is 0.250. The zero-order valence-corrected chi connectivity index (χ0v) is 11.1. The number of rotatable bonds is 5. The number of hydrogen-bond donors (Lipinski definition) is 3. The minimum atomic E-state index is -0.636. The van der Waals surface area contributed by atoms with Gasteiger partial charge in [-0.25, -0.2) is 13.8 Å². The largest absolute Gasteiger partial charge is 0.350 e. The molecule has 5 nitrogen and oxygen atoms in total. The number of nitrogen functional groups attached to an aromatic ring is 1. The molecule has 0 bridgehead atoms. The van der Waals surface area contributed by atoms with Crippen LogP contribution in [-0.2, 0) is 6.42 Å². The molecule has 1 aromatic heterocycles. The van der Waals surface area contributed by atoms with Crippen LogP contribution in [-0.4, -0.2) is 17.4 Å². The lowest BCUT2D eigenvalue weighted by Gasteiger charge is -2.06. The monoisotopic (exact) mass is 292 g/mol. The SMILES string of the molecule is NNc1ccc(C(=O)NCCc2cc(F)cc(F)c2)nc1. The van der Waals surface area contributed by atoms with Crippen LogP contribution in [0.3, 0.4) is 0 Å². The molecule has 110 valence electrons. The average Bonchev–Trinajstić information content (AvgIpc) is 2.46. The summed E-state index contributed by atoms with van der Waals surface area (Å²) >= 11 is 0. The Hall–Kier alpha value is -2.54. The van der Waals surface area contributed by atoms with E-state index < -0.39 is 11.6 Å². The van der Waals surface area contributed by atoms with E-state index in [2.05, 4.69) is 15.7 Å². The van der Waals surface area contributed by atoms with Crippen molar-refractivity contribution in [3.8, 4) is 0 Å². The minimum absolute atomic E-state index is 0.236. The second kappa shape index (κ2) is 6.76. The Balaban J connectivity index is 1.88. The number of nitrogens with two attached hydrogens (primary N) is 1. The molecule has 0 fully saturated rings. The molecule has 4 N–H and O–H groups in total. The molecule has 0 radical (unpaired) electrons. The van der Waals surface area contributed by atoms with Crippen LogP contribution in [0.15, 0.2) is 36.5 Å². The summed E-state index contributed by atoms with van der Waals surface area (Å²) in [5, 5.41) is 2.63. The van der Waals surface area contributed by atoms with Gasteiger partial charge < -0.3 is 10.7 Å². The minimum Gasteiger partial charge on any atom is -0.350 e. The molecule has 0 saturated carbocycles. The molecular weight excluding hydrogens is 278 g/mol. The second-order valence-electron chi connectivity index (χ2n) is 4.36. The summed E-state index contributed by atoms with van der Waals surface area (Å²) in [7, 11) is 0. The first-order valence-electron chi connectivity index (χ1n) is 6.24. The van der Waals surface area contributed by atoms with Crippen molar-refractivity contribution in [3.63, 3.8) is 0 Å². The molecule has 0 atom stereocenters. The summed E-state index contributed by atoms with van der Waals surface area (Å²) in [6, 6.07) is 6.40. The normalized spacial score (nSPS) is 10.2. The van der Waals surface area contributed by atoms with Crippen molar-refractivity contribution in [2.75, 3.05) is 12.0 Å². The maximum absolute atomic E-state index is 13.0. The Morgan fingerprint density at radius 3 is 2.48 bits per heavy atom. The summed E-state index contributed by atoms with van der Waals surface area (Å²) in [4.78, 5) is 15.7. The van der Waals surface area contributed by atoms with Crippen LogP contribution >= 0.6 is 0 Å². The summed E-state index contributed by atoms with van der Waals surface area (Å²) in [5.41, 5.74) is 3.70.